The van der Waals surface area contributed by atoms with Gasteiger partial charge >= 0.3 is 6.36 Å². The van der Waals surface area contributed by atoms with Crippen molar-refractivity contribution in [1.82, 2.24) is 4.90 Å². The Labute approximate surface area is 116 Å². The number of halogens is 3. The Morgan fingerprint density at radius 1 is 1.25 bits per heavy atom. The van der Waals surface area contributed by atoms with E-state index in [0.717, 1.165) is 25.2 Å². The van der Waals surface area contributed by atoms with E-state index in [1.165, 1.54) is 25.0 Å². The zero-order valence-electron chi connectivity index (χ0n) is 11.4. The van der Waals surface area contributed by atoms with Gasteiger partial charge in [-0.3, -0.25) is 0 Å². The minimum Gasteiger partial charge on any atom is -0.406 e. The molecule has 1 fully saturated rings. The maximum atomic E-state index is 12.0. The average molecular weight is 288 g/mol. The Bertz CT molecular complexity index is 419. The van der Waals surface area contributed by atoms with E-state index in [-0.39, 0.29) is 5.75 Å². The molecule has 3 nitrogen and oxygen atoms in total. The lowest BCUT2D eigenvalue weighted by Crippen LogP contribution is -2.40. The number of ether oxygens (including phenoxy) is 1. The minimum atomic E-state index is -4.64. The molecule has 1 saturated heterocycles. The fraction of sp³-hybridized carbons (Fsp3) is 0.571. The quantitative estimate of drug-likeness (QED) is 0.918. The van der Waals surface area contributed by atoms with Crippen LogP contribution >= 0.6 is 0 Å². The number of rotatable bonds is 4. The van der Waals surface area contributed by atoms with E-state index in [1.54, 1.807) is 12.1 Å². The summed E-state index contributed by atoms with van der Waals surface area (Å²) in [6, 6.07) is 6.32. The summed E-state index contributed by atoms with van der Waals surface area (Å²) in [6.45, 7) is 1.90. The van der Waals surface area contributed by atoms with Crippen molar-refractivity contribution in [1.29, 1.82) is 0 Å². The van der Waals surface area contributed by atoms with Crippen LogP contribution in [-0.2, 0) is 0 Å². The van der Waals surface area contributed by atoms with Gasteiger partial charge in [-0.05, 0) is 50.7 Å². The molecule has 0 aromatic heterocycles. The number of hydrogen-bond donors (Lipinski definition) is 1. The predicted molar refractivity (Wildman–Crippen MR) is 71.9 cm³/mol. The fourth-order valence-electron chi connectivity index (χ4n) is 2.41. The van der Waals surface area contributed by atoms with Gasteiger partial charge in [0.2, 0.25) is 0 Å². The lowest BCUT2D eigenvalue weighted by atomic mass is 10.0. The summed E-state index contributed by atoms with van der Waals surface area (Å²) in [5, 5.41) is 3.26. The SMILES string of the molecule is CN1CCCCC1CNc1ccc(OC(F)(F)F)cc1. The van der Waals surface area contributed by atoms with E-state index in [2.05, 4.69) is 22.0 Å². The molecule has 0 spiro atoms. The number of piperidine rings is 1. The molecule has 0 amide bonds. The highest BCUT2D eigenvalue weighted by Crippen LogP contribution is 2.24. The Kier molecular flexibility index (Phi) is 4.75. The van der Waals surface area contributed by atoms with Crippen LogP contribution in [0, 0.1) is 0 Å². The first-order chi connectivity index (χ1) is 9.44. The number of nitrogens with one attached hydrogen (secondary N) is 1. The molecule has 1 aromatic rings. The van der Waals surface area contributed by atoms with Crippen LogP contribution in [0.1, 0.15) is 19.3 Å². The maximum Gasteiger partial charge on any atom is 0.573 e. The molecule has 1 aromatic carbocycles. The molecule has 1 aliphatic rings. The van der Waals surface area contributed by atoms with Crippen molar-refractivity contribution in [3.63, 3.8) is 0 Å². The predicted octanol–water partition coefficient (Wildman–Crippen LogP) is 3.48. The lowest BCUT2D eigenvalue weighted by molar-refractivity contribution is -0.274. The number of likely N-dealkylation sites (N-methyl/N-ethyl adjacent to an activating group) is 1. The Balaban J connectivity index is 1.84. The van der Waals surface area contributed by atoms with Gasteiger partial charge in [0.25, 0.3) is 0 Å². The van der Waals surface area contributed by atoms with Gasteiger partial charge in [-0.15, -0.1) is 13.2 Å². The molecule has 0 saturated carbocycles. The molecular weight excluding hydrogens is 269 g/mol. The first-order valence-corrected chi connectivity index (χ1v) is 6.74. The van der Waals surface area contributed by atoms with Gasteiger partial charge in [0.15, 0.2) is 0 Å². The van der Waals surface area contributed by atoms with E-state index in [4.69, 9.17) is 0 Å². The molecule has 2 rings (SSSR count). The third kappa shape index (κ3) is 4.59. The summed E-state index contributed by atoms with van der Waals surface area (Å²) in [4.78, 5) is 2.32. The molecule has 1 heterocycles. The largest absolute Gasteiger partial charge is 0.573 e. The van der Waals surface area contributed by atoms with Gasteiger partial charge in [-0.1, -0.05) is 6.42 Å². The van der Waals surface area contributed by atoms with Gasteiger partial charge in [0, 0.05) is 18.3 Å². The van der Waals surface area contributed by atoms with Crippen molar-refractivity contribution < 1.29 is 17.9 Å². The number of nitrogens with zero attached hydrogens (tertiary/aromatic N) is 1. The number of benzene rings is 1. The number of likely N-dealkylation sites (tertiary alicyclic amines) is 1. The molecule has 0 bridgehead atoms. The van der Waals surface area contributed by atoms with Crippen LogP contribution in [0.3, 0.4) is 0 Å². The highest BCUT2D eigenvalue weighted by atomic mass is 19.4. The second-order valence-electron chi connectivity index (χ2n) is 5.08. The highest BCUT2D eigenvalue weighted by molar-refractivity contribution is 5.46. The summed E-state index contributed by atoms with van der Waals surface area (Å²) in [6.07, 6.45) is -1.02. The first kappa shape index (κ1) is 15.0. The van der Waals surface area contributed by atoms with Gasteiger partial charge in [0.1, 0.15) is 5.75 Å². The van der Waals surface area contributed by atoms with Crippen LogP contribution in [0.25, 0.3) is 0 Å². The summed E-state index contributed by atoms with van der Waals surface area (Å²) in [7, 11) is 2.10. The molecule has 6 heteroatoms. The highest BCUT2D eigenvalue weighted by Gasteiger charge is 2.30. The summed E-state index contributed by atoms with van der Waals surface area (Å²) < 4.78 is 39.9. The monoisotopic (exact) mass is 288 g/mol. The number of alkyl halides is 3. The van der Waals surface area contributed by atoms with E-state index >= 15 is 0 Å². The van der Waals surface area contributed by atoms with Crippen LogP contribution in [0.4, 0.5) is 18.9 Å². The maximum absolute atomic E-state index is 12.0. The van der Waals surface area contributed by atoms with Crippen molar-refractivity contribution in [2.45, 2.75) is 31.7 Å². The summed E-state index contributed by atoms with van der Waals surface area (Å²) in [5.74, 6) is -0.196. The molecule has 0 radical (unpaired) electrons. The molecule has 20 heavy (non-hydrogen) atoms. The minimum absolute atomic E-state index is 0.196. The van der Waals surface area contributed by atoms with Crippen molar-refractivity contribution >= 4 is 5.69 Å². The summed E-state index contributed by atoms with van der Waals surface area (Å²) >= 11 is 0. The summed E-state index contributed by atoms with van der Waals surface area (Å²) in [5.41, 5.74) is 0.804. The Hall–Kier alpha value is -1.43. The van der Waals surface area contributed by atoms with Crippen LogP contribution < -0.4 is 10.1 Å². The topological polar surface area (TPSA) is 24.5 Å². The van der Waals surface area contributed by atoms with Gasteiger partial charge in [-0.2, -0.15) is 0 Å². The standard InChI is InChI=1S/C14H19F3N2O/c1-19-9-3-2-4-12(19)10-18-11-5-7-13(8-6-11)20-14(15,16)17/h5-8,12,18H,2-4,9-10H2,1H3. The van der Waals surface area contributed by atoms with Gasteiger partial charge < -0.3 is 15.0 Å². The zero-order chi connectivity index (χ0) is 14.6. The van der Waals surface area contributed by atoms with Crippen LogP contribution in [-0.4, -0.2) is 37.4 Å². The van der Waals surface area contributed by atoms with Gasteiger partial charge in [-0.25, -0.2) is 0 Å². The Morgan fingerprint density at radius 2 is 1.95 bits per heavy atom. The molecular formula is C14H19F3N2O. The van der Waals surface area contributed by atoms with E-state index in [0.29, 0.717) is 6.04 Å². The second kappa shape index (κ2) is 6.35. The smallest absolute Gasteiger partial charge is 0.406 e. The zero-order valence-corrected chi connectivity index (χ0v) is 11.4. The third-order valence-corrected chi connectivity index (χ3v) is 3.55. The Morgan fingerprint density at radius 3 is 2.55 bits per heavy atom. The van der Waals surface area contributed by atoms with Crippen molar-refractivity contribution in [2.24, 2.45) is 0 Å². The third-order valence-electron chi connectivity index (χ3n) is 3.55. The molecule has 112 valence electrons. The van der Waals surface area contributed by atoms with Crippen LogP contribution in [0.15, 0.2) is 24.3 Å². The van der Waals surface area contributed by atoms with Crippen LogP contribution in [0.2, 0.25) is 0 Å². The second-order valence-corrected chi connectivity index (χ2v) is 5.08. The van der Waals surface area contributed by atoms with E-state index in [9.17, 15) is 13.2 Å². The first-order valence-electron chi connectivity index (χ1n) is 6.74. The number of anilines is 1. The average Bonchev–Trinajstić information content (AvgIpc) is 2.38. The van der Waals surface area contributed by atoms with Crippen molar-refractivity contribution in [3.8, 4) is 5.75 Å². The van der Waals surface area contributed by atoms with Gasteiger partial charge in [0.05, 0.1) is 0 Å². The molecule has 0 aliphatic carbocycles. The van der Waals surface area contributed by atoms with Crippen molar-refractivity contribution in [2.75, 3.05) is 25.5 Å². The molecule has 1 unspecified atom stereocenters. The van der Waals surface area contributed by atoms with Crippen molar-refractivity contribution in [3.05, 3.63) is 24.3 Å². The lowest BCUT2D eigenvalue weighted by Gasteiger charge is -2.32. The molecule has 1 N–H and O–H groups in total. The number of hydrogen-bond acceptors (Lipinski definition) is 3. The van der Waals surface area contributed by atoms with E-state index < -0.39 is 6.36 Å². The fourth-order valence-corrected chi connectivity index (χ4v) is 2.41. The van der Waals surface area contributed by atoms with Crippen LogP contribution in [0.5, 0.6) is 5.75 Å². The van der Waals surface area contributed by atoms with E-state index in [1.807, 2.05) is 0 Å². The normalized spacial score (nSPS) is 20.7. The molecule has 1 atom stereocenters. The molecule has 1 aliphatic heterocycles.